The van der Waals surface area contributed by atoms with E-state index in [4.69, 9.17) is 0 Å². The first kappa shape index (κ1) is 18.9. The van der Waals surface area contributed by atoms with Gasteiger partial charge in [-0.2, -0.15) is 35.8 Å². The van der Waals surface area contributed by atoms with Crippen LogP contribution in [-0.2, 0) is 12.4 Å². The van der Waals surface area contributed by atoms with Crippen molar-refractivity contribution in [1.82, 2.24) is 19.6 Å². The van der Waals surface area contributed by atoms with Crippen LogP contribution in [0.1, 0.15) is 11.1 Å². The van der Waals surface area contributed by atoms with Gasteiger partial charge >= 0.3 is 12.4 Å². The van der Waals surface area contributed by atoms with Crippen LogP contribution in [0, 0.1) is 0 Å². The van der Waals surface area contributed by atoms with Crippen molar-refractivity contribution in [3.8, 4) is 22.6 Å². The fourth-order valence-electron chi connectivity index (χ4n) is 2.83. The Balaban J connectivity index is 1.91. The fourth-order valence-corrected chi connectivity index (χ4v) is 2.83. The Kier molecular flexibility index (Phi) is 4.29. The molecule has 0 aliphatic rings. The number of nitrogens with zero attached hydrogens (tertiary/aromatic N) is 4. The number of alkyl halides is 6. The van der Waals surface area contributed by atoms with Crippen LogP contribution < -0.4 is 0 Å². The van der Waals surface area contributed by atoms with Gasteiger partial charge in [-0.15, -0.1) is 5.10 Å². The number of hydrogen-bond donors (Lipinski definition) is 0. The second kappa shape index (κ2) is 6.57. The topological polar surface area (TPSA) is 43.1 Å². The number of fused-ring (bicyclic) bond motifs is 1. The Labute approximate surface area is 159 Å². The van der Waals surface area contributed by atoms with Crippen LogP contribution in [0.5, 0.6) is 0 Å². The molecule has 2 heterocycles. The van der Waals surface area contributed by atoms with Gasteiger partial charge in [0.2, 0.25) is 0 Å². The first-order valence-corrected chi connectivity index (χ1v) is 8.20. The Morgan fingerprint density at radius 3 is 1.93 bits per heavy atom. The highest BCUT2D eigenvalue weighted by molar-refractivity contribution is 5.64. The molecule has 0 N–H and O–H groups in total. The maximum absolute atomic E-state index is 13.1. The van der Waals surface area contributed by atoms with E-state index in [2.05, 4.69) is 15.1 Å². The first-order valence-electron chi connectivity index (χ1n) is 8.20. The van der Waals surface area contributed by atoms with Gasteiger partial charge in [-0.25, -0.2) is 4.98 Å². The Morgan fingerprint density at radius 1 is 0.724 bits per heavy atom. The van der Waals surface area contributed by atoms with E-state index in [1.54, 1.807) is 36.4 Å². The first-order chi connectivity index (χ1) is 13.6. The minimum absolute atomic E-state index is 0.0484. The van der Waals surface area contributed by atoms with Gasteiger partial charge in [0.25, 0.3) is 5.78 Å². The van der Waals surface area contributed by atoms with Gasteiger partial charge in [-0.05, 0) is 24.3 Å². The standard InChI is InChI=1S/C19H10F6N4/c20-18(21,22)13-8-12(9-14(10-13)19(23,24)25)16-27-17-26-7-6-15(29(17)28-16)11-4-2-1-3-5-11/h1-10H. The molecule has 29 heavy (non-hydrogen) atoms. The number of benzene rings is 2. The average molecular weight is 408 g/mol. The molecule has 0 atom stereocenters. The van der Waals surface area contributed by atoms with Crippen molar-refractivity contribution in [2.75, 3.05) is 0 Å². The highest BCUT2D eigenvalue weighted by atomic mass is 19.4. The zero-order valence-corrected chi connectivity index (χ0v) is 14.3. The predicted octanol–water partition coefficient (Wildman–Crippen LogP) is 5.50. The van der Waals surface area contributed by atoms with E-state index in [1.165, 1.54) is 10.7 Å². The normalized spacial score (nSPS) is 12.5. The summed E-state index contributed by atoms with van der Waals surface area (Å²) in [5, 5.41) is 4.11. The lowest BCUT2D eigenvalue weighted by Crippen LogP contribution is -2.11. The van der Waals surface area contributed by atoms with E-state index in [-0.39, 0.29) is 17.7 Å². The monoisotopic (exact) mass is 408 g/mol. The molecule has 2 aromatic heterocycles. The third-order valence-corrected chi connectivity index (χ3v) is 4.16. The zero-order chi connectivity index (χ0) is 20.8. The maximum atomic E-state index is 13.1. The van der Waals surface area contributed by atoms with E-state index in [9.17, 15) is 26.3 Å². The van der Waals surface area contributed by atoms with E-state index in [0.717, 1.165) is 5.56 Å². The zero-order valence-electron chi connectivity index (χ0n) is 14.3. The van der Waals surface area contributed by atoms with Crippen LogP contribution in [0.25, 0.3) is 28.4 Å². The molecule has 0 fully saturated rings. The number of rotatable bonds is 2. The summed E-state index contributed by atoms with van der Waals surface area (Å²) in [5.74, 6) is -0.246. The molecule has 4 rings (SSSR count). The summed E-state index contributed by atoms with van der Waals surface area (Å²) < 4.78 is 80.0. The molecular formula is C19H10F6N4. The summed E-state index contributed by atoms with van der Waals surface area (Å²) in [6, 6.07) is 11.8. The molecule has 0 bridgehead atoms. The van der Waals surface area contributed by atoms with Gasteiger partial charge in [-0.1, -0.05) is 30.3 Å². The van der Waals surface area contributed by atoms with Gasteiger partial charge in [0.1, 0.15) is 0 Å². The van der Waals surface area contributed by atoms with Crippen LogP contribution in [-0.4, -0.2) is 19.6 Å². The number of aromatic nitrogens is 4. The third-order valence-electron chi connectivity index (χ3n) is 4.16. The molecule has 0 unspecified atom stereocenters. The van der Waals surface area contributed by atoms with Crippen LogP contribution in [0.4, 0.5) is 26.3 Å². The smallest absolute Gasteiger partial charge is 0.220 e. The molecule has 0 aliphatic carbocycles. The van der Waals surface area contributed by atoms with Crippen molar-refractivity contribution < 1.29 is 26.3 Å². The molecule has 4 aromatic rings. The van der Waals surface area contributed by atoms with Gasteiger partial charge in [0, 0.05) is 17.3 Å². The van der Waals surface area contributed by atoms with E-state index < -0.39 is 29.0 Å². The van der Waals surface area contributed by atoms with E-state index >= 15 is 0 Å². The SMILES string of the molecule is FC(F)(F)c1cc(-c2nc3nccc(-c4ccccc4)n3n2)cc(C(F)(F)F)c1. The minimum Gasteiger partial charge on any atom is -0.220 e. The van der Waals surface area contributed by atoms with Gasteiger partial charge in [-0.3, -0.25) is 0 Å². The lowest BCUT2D eigenvalue weighted by Gasteiger charge is -2.13. The summed E-state index contributed by atoms with van der Waals surface area (Å²) in [7, 11) is 0. The number of halogens is 6. The van der Waals surface area contributed by atoms with Crippen LogP contribution >= 0.6 is 0 Å². The molecule has 4 nitrogen and oxygen atoms in total. The van der Waals surface area contributed by atoms with Crippen LogP contribution in [0.2, 0.25) is 0 Å². The van der Waals surface area contributed by atoms with Crippen molar-refractivity contribution in [1.29, 1.82) is 0 Å². The van der Waals surface area contributed by atoms with Gasteiger partial charge in [0.15, 0.2) is 5.82 Å². The van der Waals surface area contributed by atoms with E-state index in [1.807, 2.05) is 0 Å². The van der Waals surface area contributed by atoms with Crippen LogP contribution in [0.3, 0.4) is 0 Å². The quantitative estimate of drug-likeness (QED) is 0.412. The fraction of sp³-hybridized carbons (Fsp3) is 0.105. The predicted molar refractivity (Wildman–Crippen MR) is 91.7 cm³/mol. The highest BCUT2D eigenvalue weighted by Gasteiger charge is 2.37. The largest absolute Gasteiger partial charge is 0.416 e. The molecule has 0 saturated heterocycles. The molecule has 0 spiro atoms. The van der Waals surface area contributed by atoms with Crippen molar-refractivity contribution in [2.45, 2.75) is 12.4 Å². The lowest BCUT2D eigenvalue weighted by molar-refractivity contribution is -0.143. The molecule has 0 amide bonds. The van der Waals surface area contributed by atoms with Crippen molar-refractivity contribution in [2.24, 2.45) is 0 Å². The lowest BCUT2D eigenvalue weighted by atomic mass is 10.0. The van der Waals surface area contributed by atoms with Gasteiger partial charge in [0.05, 0.1) is 16.8 Å². The summed E-state index contributed by atoms with van der Waals surface area (Å²) in [6.45, 7) is 0. The minimum atomic E-state index is -4.96. The average Bonchev–Trinajstić information content (AvgIpc) is 3.11. The summed E-state index contributed by atoms with van der Waals surface area (Å²) >= 11 is 0. The summed E-state index contributed by atoms with van der Waals surface area (Å²) in [4.78, 5) is 8.02. The van der Waals surface area contributed by atoms with E-state index in [0.29, 0.717) is 17.8 Å². The molecule has 0 aliphatic heterocycles. The van der Waals surface area contributed by atoms with Crippen molar-refractivity contribution >= 4 is 5.78 Å². The van der Waals surface area contributed by atoms with Gasteiger partial charge < -0.3 is 0 Å². The second-order valence-corrected chi connectivity index (χ2v) is 6.14. The second-order valence-electron chi connectivity index (χ2n) is 6.14. The Bertz CT molecular complexity index is 1150. The van der Waals surface area contributed by atoms with Crippen molar-refractivity contribution in [3.05, 3.63) is 71.9 Å². The van der Waals surface area contributed by atoms with Crippen molar-refractivity contribution in [3.63, 3.8) is 0 Å². The summed E-state index contributed by atoms with van der Waals surface area (Å²) in [5.41, 5.74) is -2.00. The molecule has 2 aromatic carbocycles. The molecule has 148 valence electrons. The Morgan fingerprint density at radius 2 is 1.34 bits per heavy atom. The van der Waals surface area contributed by atoms with Crippen LogP contribution in [0.15, 0.2) is 60.8 Å². The maximum Gasteiger partial charge on any atom is 0.416 e. The Hall–Kier alpha value is -3.43. The summed E-state index contributed by atoms with van der Waals surface area (Å²) in [6.07, 6.45) is -8.48. The molecule has 10 heteroatoms. The third kappa shape index (κ3) is 3.65. The molecular weight excluding hydrogens is 398 g/mol. The number of hydrogen-bond acceptors (Lipinski definition) is 3. The highest BCUT2D eigenvalue weighted by Crippen LogP contribution is 2.38. The molecule has 0 radical (unpaired) electrons. The molecule has 0 saturated carbocycles.